The molecule has 0 fully saturated rings. The van der Waals surface area contributed by atoms with Crippen molar-refractivity contribution in [2.45, 2.75) is 30.8 Å². The smallest absolute Gasteiger partial charge is 0.315 e. The Labute approximate surface area is 94.7 Å². The van der Waals surface area contributed by atoms with E-state index in [0.29, 0.717) is 0 Å². The normalized spacial score (nSPS) is 18.3. The van der Waals surface area contributed by atoms with Gasteiger partial charge in [0.05, 0.1) is 6.61 Å². The average Bonchev–Trinajstić information content (AvgIpc) is 2.32. The molecule has 0 bridgehead atoms. The number of aldehydes is 1. The molecular weight excluding hydrogens is 244 g/mol. The molecule has 17 heavy (non-hydrogen) atoms. The number of nitrogens with one attached hydrogen (secondary N) is 1. The summed E-state index contributed by atoms with van der Waals surface area (Å²) in [7, 11) is 0. The maximum Gasteiger partial charge on any atom is 0.315 e. The van der Waals surface area contributed by atoms with Crippen LogP contribution in [0.2, 0.25) is 0 Å². The number of hydrogen-bond acceptors (Lipinski definition) is 6. The van der Waals surface area contributed by atoms with Gasteiger partial charge in [0, 0.05) is 0 Å². The highest BCUT2D eigenvalue weighted by molar-refractivity contribution is 5.82. The van der Waals surface area contributed by atoms with Gasteiger partial charge in [0.25, 0.3) is 5.91 Å². The van der Waals surface area contributed by atoms with Gasteiger partial charge in [0.1, 0.15) is 30.6 Å². The summed E-state index contributed by atoms with van der Waals surface area (Å²) >= 11 is 0. The number of aliphatic hydroxyl groups excluding tert-OH is 4. The molecule has 0 rings (SSSR count). The SMILES string of the molecule is O=C[C@H](NC(=O)C(F)F)[C@@H](O)[C@@H](O)[C@H](O)CO. The van der Waals surface area contributed by atoms with Crippen molar-refractivity contribution in [1.82, 2.24) is 5.32 Å². The van der Waals surface area contributed by atoms with Crippen molar-refractivity contribution in [3.05, 3.63) is 0 Å². The molecule has 9 heteroatoms. The molecule has 0 heterocycles. The first kappa shape index (κ1) is 15.8. The third kappa shape index (κ3) is 4.69. The third-order valence-electron chi connectivity index (χ3n) is 1.95. The predicted molar refractivity (Wildman–Crippen MR) is 49.1 cm³/mol. The minimum atomic E-state index is -3.38. The molecule has 0 aromatic rings. The maximum absolute atomic E-state index is 11.9. The molecule has 7 nitrogen and oxygen atoms in total. The third-order valence-corrected chi connectivity index (χ3v) is 1.95. The summed E-state index contributed by atoms with van der Waals surface area (Å²) in [5.74, 6) is -1.80. The molecule has 0 aromatic carbocycles. The van der Waals surface area contributed by atoms with Gasteiger partial charge in [-0.25, -0.2) is 0 Å². The fourth-order valence-corrected chi connectivity index (χ4v) is 0.975. The van der Waals surface area contributed by atoms with Crippen molar-refractivity contribution < 1.29 is 38.8 Å². The summed E-state index contributed by atoms with van der Waals surface area (Å²) in [4.78, 5) is 21.0. The highest BCUT2D eigenvalue weighted by atomic mass is 19.3. The molecule has 0 radical (unpaired) electrons. The number of halogens is 2. The van der Waals surface area contributed by atoms with Crippen molar-refractivity contribution in [3.8, 4) is 0 Å². The van der Waals surface area contributed by atoms with Crippen molar-refractivity contribution >= 4 is 12.2 Å². The van der Waals surface area contributed by atoms with Crippen LogP contribution in [0.15, 0.2) is 0 Å². The Bertz CT molecular complexity index is 264. The van der Waals surface area contributed by atoms with E-state index in [1.54, 1.807) is 0 Å². The van der Waals surface area contributed by atoms with Crippen LogP contribution in [0, 0.1) is 0 Å². The monoisotopic (exact) mass is 257 g/mol. The van der Waals surface area contributed by atoms with Crippen LogP contribution < -0.4 is 5.32 Å². The summed E-state index contributed by atoms with van der Waals surface area (Å²) in [6.07, 6.45) is -9.20. The van der Waals surface area contributed by atoms with Crippen LogP contribution in [-0.4, -0.2) is 70.0 Å². The van der Waals surface area contributed by atoms with Gasteiger partial charge < -0.3 is 30.5 Å². The average molecular weight is 257 g/mol. The van der Waals surface area contributed by atoms with Crippen LogP contribution in [0.4, 0.5) is 8.78 Å². The molecule has 0 aliphatic carbocycles. The van der Waals surface area contributed by atoms with Crippen LogP contribution in [0.3, 0.4) is 0 Å². The van der Waals surface area contributed by atoms with Crippen LogP contribution >= 0.6 is 0 Å². The second kappa shape index (κ2) is 7.22. The van der Waals surface area contributed by atoms with Crippen LogP contribution in [0.5, 0.6) is 0 Å². The van der Waals surface area contributed by atoms with E-state index in [1.807, 2.05) is 0 Å². The van der Waals surface area contributed by atoms with E-state index < -0.39 is 43.3 Å². The van der Waals surface area contributed by atoms with Gasteiger partial charge in [-0.3, -0.25) is 4.79 Å². The highest BCUT2D eigenvalue weighted by Crippen LogP contribution is 2.04. The minimum absolute atomic E-state index is 0.0712. The zero-order chi connectivity index (χ0) is 13.6. The highest BCUT2D eigenvalue weighted by Gasteiger charge is 2.33. The molecule has 0 saturated carbocycles. The van der Waals surface area contributed by atoms with Crippen molar-refractivity contribution in [2.75, 3.05) is 6.61 Å². The molecule has 0 spiro atoms. The standard InChI is InChI=1S/C8H13F2NO6/c9-7(10)8(17)11-3(1-12)5(15)6(16)4(14)2-13/h1,3-7,13-16H,2H2,(H,11,17)/t3-,4+,5+,6-/m0/s1. The second-order valence-corrected chi connectivity index (χ2v) is 3.20. The Balaban J connectivity index is 4.55. The Morgan fingerprint density at radius 2 is 1.76 bits per heavy atom. The maximum atomic E-state index is 11.9. The number of rotatable bonds is 7. The molecule has 0 saturated heterocycles. The van der Waals surface area contributed by atoms with E-state index in [0.717, 1.165) is 0 Å². The number of aliphatic hydroxyl groups is 4. The van der Waals surface area contributed by atoms with Gasteiger partial charge in [-0.15, -0.1) is 0 Å². The summed E-state index contributed by atoms with van der Waals surface area (Å²) in [5, 5.41) is 37.4. The molecule has 0 aromatic heterocycles. The first-order chi connectivity index (χ1) is 7.84. The lowest BCUT2D eigenvalue weighted by atomic mass is 10.0. The second-order valence-electron chi connectivity index (χ2n) is 3.20. The Hall–Kier alpha value is -1.16. The first-order valence-electron chi connectivity index (χ1n) is 4.54. The van der Waals surface area contributed by atoms with Crippen molar-refractivity contribution in [2.24, 2.45) is 0 Å². The van der Waals surface area contributed by atoms with Crippen LogP contribution in [0.1, 0.15) is 0 Å². The minimum Gasteiger partial charge on any atom is -0.394 e. The fourth-order valence-electron chi connectivity index (χ4n) is 0.975. The summed E-state index contributed by atoms with van der Waals surface area (Å²) in [6, 6.07) is -1.81. The molecule has 100 valence electrons. The number of carbonyl (C=O) groups excluding carboxylic acids is 2. The van der Waals surface area contributed by atoms with Gasteiger partial charge in [-0.05, 0) is 0 Å². The van der Waals surface area contributed by atoms with Crippen LogP contribution in [-0.2, 0) is 9.59 Å². The van der Waals surface area contributed by atoms with Gasteiger partial charge in [-0.2, -0.15) is 8.78 Å². The van der Waals surface area contributed by atoms with E-state index in [4.69, 9.17) is 10.2 Å². The molecule has 0 aliphatic heterocycles. The quantitative estimate of drug-likeness (QED) is 0.309. The number of alkyl halides is 2. The van der Waals surface area contributed by atoms with E-state index in [1.165, 1.54) is 5.32 Å². The van der Waals surface area contributed by atoms with E-state index in [-0.39, 0.29) is 6.29 Å². The number of carbonyl (C=O) groups is 2. The predicted octanol–water partition coefficient (Wildman–Crippen LogP) is -2.99. The molecule has 4 atom stereocenters. The van der Waals surface area contributed by atoms with E-state index >= 15 is 0 Å². The van der Waals surface area contributed by atoms with Crippen molar-refractivity contribution in [1.29, 1.82) is 0 Å². The van der Waals surface area contributed by atoms with Gasteiger partial charge >= 0.3 is 6.43 Å². The first-order valence-corrected chi connectivity index (χ1v) is 4.54. The zero-order valence-corrected chi connectivity index (χ0v) is 8.53. The van der Waals surface area contributed by atoms with Gasteiger partial charge in [0.2, 0.25) is 0 Å². The largest absolute Gasteiger partial charge is 0.394 e. The molecule has 1 amide bonds. The Kier molecular flexibility index (Phi) is 6.73. The Morgan fingerprint density at radius 1 is 1.24 bits per heavy atom. The lowest BCUT2D eigenvalue weighted by molar-refractivity contribution is -0.138. The number of hydrogen-bond donors (Lipinski definition) is 5. The molecule has 5 N–H and O–H groups in total. The van der Waals surface area contributed by atoms with Crippen LogP contribution in [0.25, 0.3) is 0 Å². The van der Waals surface area contributed by atoms with Gasteiger partial charge in [-0.1, -0.05) is 0 Å². The Morgan fingerprint density at radius 3 is 2.12 bits per heavy atom. The molecular formula is C8H13F2NO6. The topological polar surface area (TPSA) is 127 Å². The summed E-state index contributed by atoms with van der Waals surface area (Å²) < 4.78 is 23.7. The van der Waals surface area contributed by atoms with E-state index in [9.17, 15) is 28.6 Å². The number of amides is 1. The lowest BCUT2D eigenvalue weighted by Gasteiger charge is -2.26. The summed E-state index contributed by atoms with van der Waals surface area (Å²) in [5.41, 5.74) is 0. The fraction of sp³-hybridized carbons (Fsp3) is 0.750. The van der Waals surface area contributed by atoms with Crippen molar-refractivity contribution in [3.63, 3.8) is 0 Å². The zero-order valence-electron chi connectivity index (χ0n) is 8.53. The van der Waals surface area contributed by atoms with Gasteiger partial charge in [0.15, 0.2) is 0 Å². The lowest BCUT2D eigenvalue weighted by Crippen LogP contribution is -2.54. The molecule has 0 aliphatic rings. The summed E-state index contributed by atoms with van der Waals surface area (Å²) in [6.45, 7) is -0.910. The van der Waals surface area contributed by atoms with E-state index in [2.05, 4.69) is 0 Å². The molecule has 0 unspecified atom stereocenters.